The molecule has 1 amide bonds. The van der Waals surface area contributed by atoms with Crippen molar-refractivity contribution in [3.63, 3.8) is 0 Å². The van der Waals surface area contributed by atoms with Crippen LogP contribution in [0.1, 0.15) is 16.2 Å². The fourth-order valence-electron chi connectivity index (χ4n) is 2.36. The Hall–Kier alpha value is -3.00. The lowest BCUT2D eigenvalue weighted by molar-refractivity contribution is 0.0947. The quantitative estimate of drug-likeness (QED) is 0.560. The van der Waals surface area contributed by atoms with Gasteiger partial charge in [0.1, 0.15) is 5.69 Å². The van der Waals surface area contributed by atoms with Crippen LogP contribution in [0.4, 0.5) is 0 Å². The van der Waals surface area contributed by atoms with Crippen LogP contribution in [-0.4, -0.2) is 43.1 Å². The second kappa shape index (κ2) is 8.74. The van der Waals surface area contributed by atoms with Gasteiger partial charge in [0, 0.05) is 57.5 Å². The van der Waals surface area contributed by atoms with Gasteiger partial charge in [-0.1, -0.05) is 6.07 Å². The molecule has 8 heteroatoms. The van der Waals surface area contributed by atoms with Crippen molar-refractivity contribution in [1.29, 1.82) is 0 Å². The molecule has 0 unspecified atom stereocenters. The largest absolute Gasteiger partial charge is 0.349 e. The number of hydrogen-bond donors (Lipinski definition) is 2. The molecule has 0 fully saturated rings. The van der Waals surface area contributed by atoms with Gasteiger partial charge in [0.25, 0.3) is 5.91 Å². The number of hydrogen-bond acceptors (Lipinski definition) is 5. The fraction of sp³-hybridized carbons (Fsp3) is 0.294. The zero-order valence-electron chi connectivity index (χ0n) is 13.9. The molecule has 0 radical (unpaired) electrons. The van der Waals surface area contributed by atoms with E-state index >= 15 is 0 Å². The van der Waals surface area contributed by atoms with Gasteiger partial charge in [-0.3, -0.25) is 4.79 Å². The van der Waals surface area contributed by atoms with Gasteiger partial charge in [0.05, 0.1) is 18.3 Å². The van der Waals surface area contributed by atoms with E-state index < -0.39 is 0 Å². The molecule has 0 atom stereocenters. The van der Waals surface area contributed by atoms with Crippen LogP contribution in [0.5, 0.6) is 0 Å². The van der Waals surface area contributed by atoms with Crippen LogP contribution in [0, 0.1) is 0 Å². The number of amides is 1. The van der Waals surface area contributed by atoms with Gasteiger partial charge in [-0.2, -0.15) is 0 Å². The molecule has 3 aromatic heterocycles. The standard InChI is InChI=1S/C17H21N7O/c25-17(21-7-11-24-10-6-20-14-24)16-3-1-2-15(22-16)12-18-4-8-23-9-5-19-13-23/h1-3,5-6,9-10,13-14,18H,4,7-8,11-12H2,(H,21,25). The summed E-state index contributed by atoms with van der Waals surface area (Å²) < 4.78 is 3.92. The predicted octanol–water partition coefficient (Wildman–Crippen LogP) is 0.694. The lowest BCUT2D eigenvalue weighted by atomic mass is 10.3. The summed E-state index contributed by atoms with van der Waals surface area (Å²) in [5.74, 6) is -0.166. The molecule has 0 aliphatic carbocycles. The maximum absolute atomic E-state index is 12.2. The van der Waals surface area contributed by atoms with E-state index in [9.17, 15) is 4.79 Å². The Morgan fingerprint density at radius 3 is 2.40 bits per heavy atom. The zero-order chi connectivity index (χ0) is 17.3. The van der Waals surface area contributed by atoms with Crippen LogP contribution in [0.3, 0.4) is 0 Å². The molecule has 3 heterocycles. The van der Waals surface area contributed by atoms with Crippen LogP contribution in [0.15, 0.2) is 55.6 Å². The highest BCUT2D eigenvalue weighted by atomic mass is 16.1. The first-order valence-electron chi connectivity index (χ1n) is 8.17. The normalized spacial score (nSPS) is 10.7. The lowest BCUT2D eigenvalue weighted by Crippen LogP contribution is -2.28. The SMILES string of the molecule is O=C(NCCn1ccnc1)c1cccc(CNCCn2ccnc2)n1. The van der Waals surface area contributed by atoms with E-state index in [1.54, 1.807) is 31.1 Å². The van der Waals surface area contributed by atoms with E-state index in [4.69, 9.17) is 0 Å². The van der Waals surface area contributed by atoms with Gasteiger partial charge in [-0.15, -0.1) is 0 Å². The molecule has 0 aromatic carbocycles. The topological polar surface area (TPSA) is 89.7 Å². The minimum atomic E-state index is -0.166. The highest BCUT2D eigenvalue weighted by molar-refractivity contribution is 5.92. The molecule has 0 saturated heterocycles. The Bertz CT molecular complexity index is 768. The molecular formula is C17H21N7O. The van der Waals surface area contributed by atoms with E-state index in [1.807, 2.05) is 33.7 Å². The average molecular weight is 339 g/mol. The number of aromatic nitrogens is 5. The number of carbonyl (C=O) groups excluding carboxylic acids is 1. The lowest BCUT2D eigenvalue weighted by Gasteiger charge is -2.08. The molecule has 2 N–H and O–H groups in total. The Morgan fingerprint density at radius 1 is 1.00 bits per heavy atom. The first-order chi connectivity index (χ1) is 12.3. The summed E-state index contributed by atoms with van der Waals surface area (Å²) in [5, 5.41) is 6.18. The summed E-state index contributed by atoms with van der Waals surface area (Å²) in [7, 11) is 0. The molecule has 8 nitrogen and oxygen atoms in total. The maximum Gasteiger partial charge on any atom is 0.269 e. The summed E-state index contributed by atoms with van der Waals surface area (Å²) in [5.41, 5.74) is 1.27. The van der Waals surface area contributed by atoms with Crippen molar-refractivity contribution >= 4 is 5.91 Å². The molecule has 0 aliphatic heterocycles. The van der Waals surface area contributed by atoms with Crippen molar-refractivity contribution in [2.75, 3.05) is 13.1 Å². The van der Waals surface area contributed by atoms with Gasteiger partial charge >= 0.3 is 0 Å². The summed E-state index contributed by atoms with van der Waals surface area (Å²) in [6, 6.07) is 5.48. The van der Waals surface area contributed by atoms with Gasteiger partial charge in [-0.05, 0) is 12.1 Å². The van der Waals surface area contributed by atoms with Gasteiger partial charge in [0.15, 0.2) is 0 Å². The summed E-state index contributed by atoms with van der Waals surface area (Å²) in [6.45, 7) is 3.48. The van der Waals surface area contributed by atoms with Crippen LogP contribution in [-0.2, 0) is 19.6 Å². The van der Waals surface area contributed by atoms with Crippen LogP contribution >= 0.6 is 0 Å². The fourth-order valence-corrected chi connectivity index (χ4v) is 2.36. The van der Waals surface area contributed by atoms with Crippen LogP contribution in [0.25, 0.3) is 0 Å². The molecule has 3 aromatic rings. The Labute approximate surface area is 145 Å². The second-order valence-corrected chi connectivity index (χ2v) is 5.55. The van der Waals surface area contributed by atoms with Crippen molar-refractivity contribution in [3.05, 3.63) is 67.0 Å². The number of imidazole rings is 2. The molecule has 0 bridgehead atoms. The molecular weight excluding hydrogens is 318 g/mol. The zero-order valence-corrected chi connectivity index (χ0v) is 13.9. The molecule has 130 valence electrons. The molecule has 25 heavy (non-hydrogen) atoms. The predicted molar refractivity (Wildman–Crippen MR) is 92.7 cm³/mol. The Kier molecular flexibility index (Phi) is 5.89. The Morgan fingerprint density at radius 2 is 1.72 bits per heavy atom. The van der Waals surface area contributed by atoms with Gasteiger partial charge < -0.3 is 19.8 Å². The van der Waals surface area contributed by atoms with E-state index in [0.29, 0.717) is 25.3 Å². The minimum Gasteiger partial charge on any atom is -0.349 e. The van der Waals surface area contributed by atoms with Crippen LogP contribution < -0.4 is 10.6 Å². The van der Waals surface area contributed by atoms with Crippen molar-refractivity contribution in [2.45, 2.75) is 19.6 Å². The number of rotatable bonds is 9. The van der Waals surface area contributed by atoms with E-state index in [-0.39, 0.29) is 5.91 Å². The molecule has 0 spiro atoms. The monoisotopic (exact) mass is 339 g/mol. The highest BCUT2D eigenvalue weighted by Crippen LogP contribution is 2.00. The summed E-state index contributed by atoms with van der Waals surface area (Å²) in [6.07, 6.45) is 10.8. The van der Waals surface area contributed by atoms with Crippen molar-refractivity contribution in [2.24, 2.45) is 0 Å². The van der Waals surface area contributed by atoms with Crippen LogP contribution in [0.2, 0.25) is 0 Å². The summed E-state index contributed by atoms with van der Waals surface area (Å²) >= 11 is 0. The van der Waals surface area contributed by atoms with Gasteiger partial charge in [0.2, 0.25) is 0 Å². The van der Waals surface area contributed by atoms with E-state index in [2.05, 4.69) is 25.6 Å². The summed E-state index contributed by atoms with van der Waals surface area (Å²) in [4.78, 5) is 24.6. The Balaban J connectivity index is 1.42. The first-order valence-corrected chi connectivity index (χ1v) is 8.17. The third-order valence-electron chi connectivity index (χ3n) is 3.67. The van der Waals surface area contributed by atoms with E-state index in [1.165, 1.54) is 0 Å². The number of carbonyl (C=O) groups is 1. The van der Waals surface area contributed by atoms with Crippen molar-refractivity contribution in [1.82, 2.24) is 34.7 Å². The van der Waals surface area contributed by atoms with Crippen molar-refractivity contribution in [3.8, 4) is 0 Å². The van der Waals surface area contributed by atoms with Crippen molar-refractivity contribution < 1.29 is 4.79 Å². The third-order valence-corrected chi connectivity index (χ3v) is 3.67. The van der Waals surface area contributed by atoms with Gasteiger partial charge in [-0.25, -0.2) is 15.0 Å². The molecule has 3 rings (SSSR count). The third kappa shape index (κ3) is 5.25. The smallest absolute Gasteiger partial charge is 0.269 e. The average Bonchev–Trinajstić information content (AvgIpc) is 3.33. The highest BCUT2D eigenvalue weighted by Gasteiger charge is 2.07. The minimum absolute atomic E-state index is 0.166. The number of nitrogens with zero attached hydrogens (tertiary/aromatic N) is 5. The maximum atomic E-state index is 12.2. The molecule has 0 saturated carbocycles. The number of pyridine rings is 1. The second-order valence-electron chi connectivity index (χ2n) is 5.55. The number of nitrogens with one attached hydrogen (secondary N) is 2. The van der Waals surface area contributed by atoms with E-state index in [0.717, 1.165) is 18.8 Å². The first kappa shape index (κ1) is 16.8. The molecule has 0 aliphatic rings.